The molecule has 0 radical (unpaired) electrons. The van der Waals surface area contributed by atoms with E-state index in [-0.39, 0.29) is 30.3 Å². The summed E-state index contributed by atoms with van der Waals surface area (Å²) in [5, 5.41) is 3.01. The third kappa shape index (κ3) is 5.02. The fourth-order valence-electron chi connectivity index (χ4n) is 3.11. The number of benzene rings is 1. The number of aryl methyl sites for hydroxylation is 1. The third-order valence-electron chi connectivity index (χ3n) is 4.52. The van der Waals surface area contributed by atoms with Crippen LogP contribution in [-0.4, -0.2) is 23.0 Å². The molecular formula is C20H23FN2O2. The molecule has 25 heavy (non-hydrogen) atoms. The molecule has 0 aliphatic heterocycles. The number of carbonyl (C=O) groups is 1. The molecule has 5 heteroatoms. The van der Waals surface area contributed by atoms with E-state index in [2.05, 4.69) is 10.3 Å². The second-order valence-electron chi connectivity index (χ2n) is 6.60. The summed E-state index contributed by atoms with van der Waals surface area (Å²) in [6, 6.07) is 10.4. The molecule has 0 unspecified atom stereocenters. The Bertz CT molecular complexity index is 710. The summed E-state index contributed by atoms with van der Waals surface area (Å²) < 4.78 is 19.5. The first-order valence-corrected chi connectivity index (χ1v) is 8.72. The van der Waals surface area contributed by atoms with Crippen molar-refractivity contribution < 1.29 is 13.9 Å². The van der Waals surface area contributed by atoms with Crippen LogP contribution in [0.5, 0.6) is 5.88 Å². The van der Waals surface area contributed by atoms with Gasteiger partial charge in [0.05, 0.1) is 6.42 Å². The van der Waals surface area contributed by atoms with Gasteiger partial charge in [0.2, 0.25) is 11.8 Å². The Morgan fingerprint density at radius 2 is 1.96 bits per heavy atom. The SMILES string of the molecule is Cc1ccc(OC2CCC(NC(=O)Cc3ccccc3F)CC2)nc1. The van der Waals surface area contributed by atoms with Crippen LogP contribution >= 0.6 is 0 Å². The minimum Gasteiger partial charge on any atom is -0.474 e. The monoisotopic (exact) mass is 342 g/mol. The van der Waals surface area contributed by atoms with E-state index < -0.39 is 0 Å². The highest BCUT2D eigenvalue weighted by Gasteiger charge is 2.24. The zero-order valence-corrected chi connectivity index (χ0v) is 14.4. The summed E-state index contributed by atoms with van der Waals surface area (Å²) in [6.45, 7) is 1.99. The lowest BCUT2D eigenvalue weighted by Gasteiger charge is -2.29. The van der Waals surface area contributed by atoms with Gasteiger partial charge in [0.25, 0.3) is 0 Å². The molecule has 0 saturated heterocycles. The van der Waals surface area contributed by atoms with Crippen molar-refractivity contribution in [3.8, 4) is 5.88 Å². The fourth-order valence-corrected chi connectivity index (χ4v) is 3.11. The van der Waals surface area contributed by atoms with Crippen LogP contribution in [0, 0.1) is 12.7 Å². The maximum atomic E-state index is 13.6. The lowest BCUT2D eigenvalue weighted by molar-refractivity contribution is -0.121. The van der Waals surface area contributed by atoms with E-state index >= 15 is 0 Å². The van der Waals surface area contributed by atoms with E-state index in [4.69, 9.17) is 4.74 Å². The van der Waals surface area contributed by atoms with Crippen LogP contribution in [0.4, 0.5) is 4.39 Å². The van der Waals surface area contributed by atoms with Crippen molar-refractivity contribution in [3.05, 3.63) is 59.5 Å². The summed E-state index contributed by atoms with van der Waals surface area (Å²) in [6.07, 6.45) is 5.48. The first-order valence-electron chi connectivity index (χ1n) is 8.72. The van der Waals surface area contributed by atoms with Gasteiger partial charge in [-0.1, -0.05) is 24.3 Å². The molecule has 3 rings (SSSR count). The van der Waals surface area contributed by atoms with Gasteiger partial charge in [0.1, 0.15) is 11.9 Å². The molecule has 132 valence electrons. The molecule has 1 fully saturated rings. The van der Waals surface area contributed by atoms with Gasteiger partial charge in [-0.25, -0.2) is 9.37 Å². The Morgan fingerprint density at radius 1 is 1.20 bits per heavy atom. The lowest BCUT2D eigenvalue weighted by Crippen LogP contribution is -2.40. The van der Waals surface area contributed by atoms with Crippen molar-refractivity contribution in [3.63, 3.8) is 0 Å². The van der Waals surface area contributed by atoms with Gasteiger partial charge in [0.15, 0.2) is 0 Å². The molecule has 1 aromatic carbocycles. The summed E-state index contributed by atoms with van der Waals surface area (Å²) >= 11 is 0. The predicted octanol–water partition coefficient (Wildman–Crippen LogP) is 3.58. The zero-order chi connectivity index (χ0) is 17.6. The Kier molecular flexibility index (Phi) is 5.64. The molecule has 1 N–H and O–H groups in total. The highest BCUT2D eigenvalue weighted by atomic mass is 19.1. The maximum Gasteiger partial charge on any atom is 0.224 e. The van der Waals surface area contributed by atoms with E-state index in [0.29, 0.717) is 11.4 Å². The number of nitrogens with zero attached hydrogens (tertiary/aromatic N) is 1. The van der Waals surface area contributed by atoms with Gasteiger partial charge in [-0.3, -0.25) is 4.79 Å². The Morgan fingerprint density at radius 3 is 2.64 bits per heavy atom. The standard InChI is InChI=1S/C20H23FN2O2/c1-14-6-11-20(22-13-14)25-17-9-7-16(8-10-17)23-19(24)12-15-4-2-3-5-18(15)21/h2-6,11,13,16-17H,7-10,12H2,1H3,(H,23,24). The number of hydrogen-bond acceptors (Lipinski definition) is 3. The van der Waals surface area contributed by atoms with E-state index in [1.165, 1.54) is 6.07 Å². The molecule has 1 aliphatic rings. The first kappa shape index (κ1) is 17.4. The normalized spacial score (nSPS) is 20.1. The van der Waals surface area contributed by atoms with Crippen molar-refractivity contribution in [2.45, 2.75) is 51.2 Å². The highest BCUT2D eigenvalue weighted by molar-refractivity contribution is 5.78. The largest absolute Gasteiger partial charge is 0.474 e. The second-order valence-corrected chi connectivity index (χ2v) is 6.60. The van der Waals surface area contributed by atoms with E-state index in [9.17, 15) is 9.18 Å². The highest BCUT2D eigenvalue weighted by Crippen LogP contribution is 2.23. The molecule has 1 aliphatic carbocycles. The number of hydrogen-bond donors (Lipinski definition) is 1. The van der Waals surface area contributed by atoms with Crippen molar-refractivity contribution in [1.29, 1.82) is 0 Å². The number of ether oxygens (including phenoxy) is 1. The molecule has 0 spiro atoms. The summed E-state index contributed by atoms with van der Waals surface area (Å²) in [7, 11) is 0. The smallest absolute Gasteiger partial charge is 0.224 e. The van der Waals surface area contributed by atoms with E-state index in [1.807, 2.05) is 19.1 Å². The molecular weight excluding hydrogens is 319 g/mol. The average Bonchev–Trinajstić information content (AvgIpc) is 2.61. The number of rotatable bonds is 5. The number of halogens is 1. The average molecular weight is 342 g/mol. The second kappa shape index (κ2) is 8.10. The number of amides is 1. The van der Waals surface area contributed by atoms with Crippen LogP contribution in [0.1, 0.15) is 36.8 Å². The fraction of sp³-hybridized carbons (Fsp3) is 0.400. The summed E-state index contributed by atoms with van der Waals surface area (Å²) in [5.74, 6) is 0.188. The quantitative estimate of drug-likeness (QED) is 0.904. The number of carbonyl (C=O) groups excluding carboxylic acids is 1. The van der Waals surface area contributed by atoms with E-state index in [0.717, 1.165) is 31.2 Å². The first-order chi connectivity index (χ1) is 12.1. The minimum atomic E-state index is -0.333. The van der Waals surface area contributed by atoms with Crippen molar-refractivity contribution >= 4 is 5.91 Å². The van der Waals surface area contributed by atoms with Crippen LogP contribution in [0.25, 0.3) is 0 Å². The molecule has 1 aromatic heterocycles. The molecule has 0 atom stereocenters. The Balaban J connectivity index is 1.43. The van der Waals surface area contributed by atoms with Gasteiger partial charge in [-0.2, -0.15) is 0 Å². The van der Waals surface area contributed by atoms with Gasteiger partial charge in [-0.05, 0) is 49.8 Å². The zero-order valence-electron chi connectivity index (χ0n) is 14.4. The molecule has 2 aromatic rings. The number of pyridine rings is 1. The predicted molar refractivity (Wildman–Crippen MR) is 93.9 cm³/mol. The van der Waals surface area contributed by atoms with Crippen LogP contribution < -0.4 is 10.1 Å². The van der Waals surface area contributed by atoms with Gasteiger partial charge in [0, 0.05) is 18.3 Å². The minimum absolute atomic E-state index is 0.0798. The topological polar surface area (TPSA) is 51.2 Å². The summed E-state index contributed by atoms with van der Waals surface area (Å²) in [4.78, 5) is 16.4. The molecule has 4 nitrogen and oxygen atoms in total. The molecule has 1 saturated carbocycles. The van der Waals surface area contributed by atoms with Gasteiger partial charge >= 0.3 is 0 Å². The number of aromatic nitrogens is 1. The van der Waals surface area contributed by atoms with Crippen LogP contribution in [-0.2, 0) is 11.2 Å². The van der Waals surface area contributed by atoms with Crippen LogP contribution in [0.3, 0.4) is 0 Å². The number of nitrogens with one attached hydrogen (secondary N) is 1. The molecule has 1 heterocycles. The maximum absolute atomic E-state index is 13.6. The van der Waals surface area contributed by atoms with Crippen LogP contribution in [0.15, 0.2) is 42.6 Å². The Labute approximate surface area is 147 Å². The van der Waals surface area contributed by atoms with Crippen LogP contribution in [0.2, 0.25) is 0 Å². The molecule has 0 bridgehead atoms. The van der Waals surface area contributed by atoms with Crippen molar-refractivity contribution in [2.75, 3.05) is 0 Å². The van der Waals surface area contributed by atoms with E-state index in [1.54, 1.807) is 24.4 Å². The lowest BCUT2D eigenvalue weighted by atomic mass is 9.92. The van der Waals surface area contributed by atoms with Crippen molar-refractivity contribution in [2.24, 2.45) is 0 Å². The van der Waals surface area contributed by atoms with Gasteiger partial charge < -0.3 is 10.1 Å². The summed E-state index contributed by atoms with van der Waals surface area (Å²) in [5.41, 5.74) is 1.54. The van der Waals surface area contributed by atoms with Gasteiger partial charge in [-0.15, -0.1) is 0 Å². The van der Waals surface area contributed by atoms with Crippen molar-refractivity contribution in [1.82, 2.24) is 10.3 Å². The Hall–Kier alpha value is -2.43. The third-order valence-corrected chi connectivity index (χ3v) is 4.52. The molecule has 1 amide bonds.